The SMILES string of the molecule is CN(C)C1=C(C(=Nc2ccccc2)SCCN2CCCC2)C2CCC1(C)C2(C)C. The number of likely N-dealkylation sites (tertiary alicyclic amines) is 1. The average molecular weight is 412 g/mol. The summed E-state index contributed by atoms with van der Waals surface area (Å²) >= 11 is 1.98. The topological polar surface area (TPSA) is 18.8 Å². The van der Waals surface area contributed by atoms with Gasteiger partial charge in [-0.15, -0.1) is 11.8 Å². The predicted octanol–water partition coefficient (Wildman–Crippen LogP) is 5.82. The standard InChI is InChI=1S/C25H37N3S/c1-24(2)20-13-14-25(24,3)22(27(4)5)21(20)23(26-19-11-7-6-8-12-19)29-18-17-28-15-9-10-16-28/h6-8,11-12,20H,9-10,13-18H2,1-5H3. The summed E-state index contributed by atoms with van der Waals surface area (Å²) < 4.78 is 0. The van der Waals surface area contributed by atoms with Crippen molar-refractivity contribution in [2.45, 2.75) is 46.5 Å². The van der Waals surface area contributed by atoms with Gasteiger partial charge in [0.2, 0.25) is 0 Å². The van der Waals surface area contributed by atoms with E-state index in [1.807, 2.05) is 11.8 Å². The molecule has 0 spiro atoms. The highest BCUT2D eigenvalue weighted by atomic mass is 32.2. The monoisotopic (exact) mass is 411 g/mol. The van der Waals surface area contributed by atoms with E-state index in [1.54, 1.807) is 0 Å². The molecule has 3 aliphatic rings. The van der Waals surface area contributed by atoms with Gasteiger partial charge in [-0.05, 0) is 62.2 Å². The summed E-state index contributed by atoms with van der Waals surface area (Å²) in [5.41, 5.74) is 4.66. The number of rotatable bonds is 6. The van der Waals surface area contributed by atoms with Gasteiger partial charge >= 0.3 is 0 Å². The Hall–Kier alpha value is -1.26. The van der Waals surface area contributed by atoms with Crippen molar-refractivity contribution < 1.29 is 0 Å². The zero-order chi connectivity index (χ0) is 20.6. The fourth-order valence-electron chi connectivity index (χ4n) is 5.94. The first-order chi connectivity index (χ1) is 13.8. The van der Waals surface area contributed by atoms with Gasteiger partial charge in [-0.1, -0.05) is 39.0 Å². The molecule has 1 aromatic carbocycles. The average Bonchev–Trinajstić information content (AvgIpc) is 3.32. The minimum atomic E-state index is 0.240. The van der Waals surface area contributed by atoms with E-state index in [0.29, 0.717) is 5.92 Å². The van der Waals surface area contributed by atoms with Gasteiger partial charge in [-0.2, -0.15) is 0 Å². The first-order valence-corrected chi connectivity index (χ1v) is 12.2. The Labute approximate surface area is 181 Å². The first-order valence-electron chi connectivity index (χ1n) is 11.3. The zero-order valence-electron chi connectivity index (χ0n) is 18.9. The van der Waals surface area contributed by atoms with Crippen molar-refractivity contribution in [1.82, 2.24) is 9.80 Å². The van der Waals surface area contributed by atoms with Crippen molar-refractivity contribution >= 4 is 22.5 Å². The molecule has 1 aliphatic heterocycles. The molecule has 2 fully saturated rings. The largest absolute Gasteiger partial charge is 0.380 e. The highest BCUT2D eigenvalue weighted by Gasteiger charge is 2.62. The van der Waals surface area contributed by atoms with E-state index in [4.69, 9.17) is 4.99 Å². The Kier molecular flexibility index (Phi) is 5.87. The number of para-hydroxylation sites is 1. The summed E-state index contributed by atoms with van der Waals surface area (Å²) in [6, 6.07) is 10.5. The van der Waals surface area contributed by atoms with Gasteiger partial charge in [-0.25, -0.2) is 4.99 Å². The molecule has 4 rings (SSSR count). The third-order valence-corrected chi connectivity index (χ3v) is 8.83. The minimum Gasteiger partial charge on any atom is -0.380 e. The second-order valence-electron chi connectivity index (χ2n) is 9.95. The van der Waals surface area contributed by atoms with Gasteiger partial charge in [0, 0.05) is 43.1 Å². The first kappa shape index (κ1) is 21.0. The number of aliphatic imine (C=N–C) groups is 1. The van der Waals surface area contributed by atoms with Crippen LogP contribution in [0.1, 0.15) is 46.5 Å². The molecule has 0 radical (unpaired) electrons. The molecule has 2 unspecified atom stereocenters. The van der Waals surface area contributed by atoms with E-state index in [-0.39, 0.29) is 10.8 Å². The van der Waals surface area contributed by atoms with E-state index in [2.05, 4.69) is 75.0 Å². The third kappa shape index (κ3) is 3.67. The van der Waals surface area contributed by atoms with Crippen molar-refractivity contribution in [3.63, 3.8) is 0 Å². The molecule has 2 aliphatic carbocycles. The maximum absolute atomic E-state index is 5.23. The van der Waals surface area contributed by atoms with Crippen LogP contribution in [0.4, 0.5) is 5.69 Å². The number of hydrogen-bond acceptors (Lipinski definition) is 4. The molecular formula is C25H37N3S. The lowest BCUT2D eigenvalue weighted by Gasteiger charge is -2.39. The Balaban J connectivity index is 1.69. The predicted molar refractivity (Wildman–Crippen MR) is 127 cm³/mol. The van der Waals surface area contributed by atoms with Crippen LogP contribution < -0.4 is 0 Å². The van der Waals surface area contributed by atoms with E-state index in [9.17, 15) is 0 Å². The van der Waals surface area contributed by atoms with Crippen LogP contribution in [-0.4, -0.2) is 54.3 Å². The molecule has 1 saturated carbocycles. The number of fused-ring (bicyclic) bond motifs is 2. The second-order valence-corrected chi connectivity index (χ2v) is 11.0. The molecule has 2 bridgehead atoms. The molecule has 0 N–H and O–H groups in total. The molecule has 29 heavy (non-hydrogen) atoms. The Bertz CT molecular complexity index is 790. The summed E-state index contributed by atoms with van der Waals surface area (Å²) in [5, 5.41) is 1.26. The van der Waals surface area contributed by atoms with Crippen molar-refractivity contribution in [2.75, 3.05) is 39.5 Å². The van der Waals surface area contributed by atoms with Crippen molar-refractivity contribution in [2.24, 2.45) is 21.7 Å². The fraction of sp³-hybridized carbons (Fsp3) is 0.640. The van der Waals surface area contributed by atoms with Gasteiger partial charge in [0.1, 0.15) is 5.04 Å². The van der Waals surface area contributed by atoms with Crippen LogP contribution in [0.15, 0.2) is 46.6 Å². The molecule has 0 amide bonds. The van der Waals surface area contributed by atoms with E-state index < -0.39 is 0 Å². The smallest absolute Gasteiger partial charge is 0.102 e. The number of nitrogens with zero attached hydrogens (tertiary/aromatic N) is 3. The molecule has 2 atom stereocenters. The van der Waals surface area contributed by atoms with Gasteiger partial charge < -0.3 is 9.80 Å². The number of thioether (sulfide) groups is 1. The summed E-state index contributed by atoms with van der Waals surface area (Å²) in [6.07, 6.45) is 5.30. The van der Waals surface area contributed by atoms with Gasteiger partial charge in [-0.3, -0.25) is 0 Å². The van der Waals surface area contributed by atoms with Gasteiger partial charge in [0.25, 0.3) is 0 Å². The quantitative estimate of drug-likeness (QED) is 0.434. The maximum atomic E-state index is 5.23. The van der Waals surface area contributed by atoms with Crippen molar-refractivity contribution in [3.8, 4) is 0 Å². The van der Waals surface area contributed by atoms with Crippen LogP contribution in [0.3, 0.4) is 0 Å². The van der Waals surface area contributed by atoms with Crippen LogP contribution in [0.2, 0.25) is 0 Å². The highest BCUT2D eigenvalue weighted by Crippen LogP contribution is 2.68. The molecule has 158 valence electrons. The van der Waals surface area contributed by atoms with Crippen LogP contribution in [0.25, 0.3) is 0 Å². The van der Waals surface area contributed by atoms with Crippen LogP contribution >= 0.6 is 11.8 Å². The van der Waals surface area contributed by atoms with Gasteiger partial charge in [0.05, 0.1) is 5.69 Å². The molecule has 4 heteroatoms. The molecular weight excluding hydrogens is 374 g/mol. The molecule has 3 nitrogen and oxygen atoms in total. The number of allylic oxidation sites excluding steroid dienone is 1. The van der Waals surface area contributed by atoms with Crippen LogP contribution in [-0.2, 0) is 0 Å². The number of benzene rings is 1. The Morgan fingerprint density at radius 2 is 1.83 bits per heavy atom. The fourth-order valence-corrected chi connectivity index (χ4v) is 7.05. The van der Waals surface area contributed by atoms with E-state index >= 15 is 0 Å². The number of hydrogen-bond donors (Lipinski definition) is 0. The zero-order valence-corrected chi connectivity index (χ0v) is 19.7. The van der Waals surface area contributed by atoms with Crippen molar-refractivity contribution in [3.05, 3.63) is 41.6 Å². The lowest BCUT2D eigenvalue weighted by atomic mass is 9.69. The molecule has 1 saturated heterocycles. The Morgan fingerprint density at radius 3 is 2.48 bits per heavy atom. The van der Waals surface area contributed by atoms with Crippen molar-refractivity contribution in [1.29, 1.82) is 0 Å². The summed E-state index contributed by atoms with van der Waals surface area (Å²) in [7, 11) is 4.46. The Morgan fingerprint density at radius 1 is 1.14 bits per heavy atom. The molecule has 1 heterocycles. The molecule has 0 aromatic heterocycles. The molecule has 1 aromatic rings. The highest BCUT2D eigenvalue weighted by molar-refractivity contribution is 8.14. The van der Waals surface area contributed by atoms with Gasteiger partial charge in [0.15, 0.2) is 0 Å². The maximum Gasteiger partial charge on any atom is 0.102 e. The van der Waals surface area contributed by atoms with E-state index in [1.165, 1.54) is 61.6 Å². The van der Waals surface area contributed by atoms with Crippen LogP contribution in [0.5, 0.6) is 0 Å². The lowest BCUT2D eigenvalue weighted by molar-refractivity contribution is 0.145. The normalized spacial score (nSPS) is 29.1. The van der Waals surface area contributed by atoms with Crippen LogP contribution in [0, 0.1) is 16.7 Å². The summed E-state index contributed by atoms with van der Waals surface area (Å²) in [5.74, 6) is 1.73. The summed E-state index contributed by atoms with van der Waals surface area (Å²) in [4.78, 5) is 10.2. The lowest BCUT2D eigenvalue weighted by Crippen LogP contribution is -2.34. The third-order valence-electron chi connectivity index (χ3n) is 7.86. The minimum absolute atomic E-state index is 0.240. The summed E-state index contributed by atoms with van der Waals surface area (Å²) in [6.45, 7) is 11.2. The van der Waals surface area contributed by atoms with E-state index in [0.717, 1.165) is 11.4 Å². The second kappa shape index (κ2) is 8.11.